The molecular weight excluding hydrogens is 749 g/mol. The van der Waals surface area contributed by atoms with Crippen LogP contribution in [-0.4, -0.2) is 61.5 Å². The molecule has 1 amide bonds. The van der Waals surface area contributed by atoms with Gasteiger partial charge in [0.05, 0.1) is 0 Å². The van der Waals surface area contributed by atoms with Gasteiger partial charge in [0.2, 0.25) is 5.91 Å². The summed E-state index contributed by atoms with van der Waals surface area (Å²) in [6, 6.07) is 0. The fourth-order valence-electron chi connectivity index (χ4n) is 13.5. The molecule has 0 saturated heterocycles. The Balaban J connectivity index is 1.10. The van der Waals surface area contributed by atoms with E-state index in [0.717, 1.165) is 100 Å². The van der Waals surface area contributed by atoms with E-state index in [-0.39, 0.29) is 17.5 Å². The van der Waals surface area contributed by atoms with E-state index in [0.29, 0.717) is 24.2 Å². The van der Waals surface area contributed by atoms with Crippen molar-refractivity contribution in [2.45, 2.75) is 253 Å². The first-order valence-electron chi connectivity index (χ1n) is 27.2. The van der Waals surface area contributed by atoms with E-state index in [1.807, 2.05) is 0 Å². The van der Waals surface area contributed by atoms with Crippen molar-refractivity contribution in [3.8, 4) is 0 Å². The Morgan fingerprint density at radius 1 is 0.672 bits per heavy atom. The zero-order valence-electron chi connectivity index (χ0n) is 42.0. The summed E-state index contributed by atoms with van der Waals surface area (Å²) in [5.74, 6) is 5.43. The molecule has 61 heavy (non-hydrogen) atoms. The van der Waals surface area contributed by atoms with Gasteiger partial charge in [0.15, 0.2) is 0 Å². The minimum absolute atomic E-state index is 0.0112. The van der Waals surface area contributed by atoms with Gasteiger partial charge in [-0.15, -0.1) is 0 Å². The number of carbonyl (C=O) groups is 2. The van der Waals surface area contributed by atoms with Gasteiger partial charge in [-0.3, -0.25) is 9.59 Å². The maximum Gasteiger partial charge on any atom is 0.306 e. The Morgan fingerprint density at radius 2 is 1.28 bits per heavy atom. The average Bonchev–Trinajstić information content (AvgIpc) is 3.58. The van der Waals surface area contributed by atoms with Crippen molar-refractivity contribution >= 4 is 11.9 Å². The van der Waals surface area contributed by atoms with Gasteiger partial charge in [-0.25, -0.2) is 0 Å². The number of rotatable bonds is 32. The average molecular weight is 851 g/mol. The zero-order chi connectivity index (χ0) is 44.1. The summed E-state index contributed by atoms with van der Waals surface area (Å²) in [6.07, 6.45) is 42.2. The van der Waals surface area contributed by atoms with Gasteiger partial charge in [-0.1, -0.05) is 169 Å². The van der Waals surface area contributed by atoms with E-state index in [1.54, 1.807) is 5.57 Å². The lowest BCUT2D eigenvalue weighted by Gasteiger charge is -2.58. The molecule has 8 atom stereocenters. The zero-order valence-corrected chi connectivity index (χ0v) is 42.0. The van der Waals surface area contributed by atoms with Gasteiger partial charge in [0.1, 0.15) is 6.10 Å². The first kappa shape index (κ1) is 52.3. The Morgan fingerprint density at radius 3 is 1.92 bits per heavy atom. The van der Waals surface area contributed by atoms with Crippen LogP contribution in [0.2, 0.25) is 0 Å². The van der Waals surface area contributed by atoms with Crippen molar-refractivity contribution < 1.29 is 14.3 Å². The van der Waals surface area contributed by atoms with E-state index in [1.165, 1.54) is 148 Å². The highest BCUT2D eigenvalue weighted by atomic mass is 16.5. The molecule has 0 radical (unpaired) electrons. The van der Waals surface area contributed by atoms with Crippen LogP contribution >= 0.6 is 0 Å². The van der Waals surface area contributed by atoms with Gasteiger partial charge in [-0.2, -0.15) is 0 Å². The van der Waals surface area contributed by atoms with Crippen molar-refractivity contribution in [3.05, 3.63) is 11.6 Å². The third-order valence-electron chi connectivity index (χ3n) is 17.2. The monoisotopic (exact) mass is 851 g/mol. The lowest BCUT2D eigenvalue weighted by atomic mass is 9.47. The molecular formula is C56H102N2O3. The number of unbranched alkanes of at least 4 members (excludes halogenated alkanes) is 16. The van der Waals surface area contributed by atoms with E-state index in [2.05, 4.69) is 71.5 Å². The lowest BCUT2D eigenvalue weighted by molar-refractivity contribution is -0.151. The van der Waals surface area contributed by atoms with Crippen molar-refractivity contribution in [2.75, 3.05) is 33.7 Å². The Labute approximate surface area is 379 Å². The molecule has 8 unspecified atom stereocenters. The molecule has 0 heterocycles. The Hall–Kier alpha value is -1.36. The first-order valence-corrected chi connectivity index (χ1v) is 27.2. The highest BCUT2D eigenvalue weighted by Gasteiger charge is 2.59. The van der Waals surface area contributed by atoms with Crippen molar-refractivity contribution in [3.63, 3.8) is 0 Å². The summed E-state index contributed by atoms with van der Waals surface area (Å²) in [6.45, 7) is 17.6. The van der Waals surface area contributed by atoms with Crippen molar-refractivity contribution in [2.24, 2.45) is 46.3 Å². The summed E-state index contributed by atoms with van der Waals surface area (Å²) in [7, 11) is 4.22. The van der Waals surface area contributed by atoms with Gasteiger partial charge >= 0.3 is 5.97 Å². The minimum Gasteiger partial charge on any atom is -0.462 e. The van der Waals surface area contributed by atoms with E-state index in [4.69, 9.17) is 4.74 Å². The molecule has 3 saturated carbocycles. The number of fused-ring (bicyclic) bond motifs is 5. The summed E-state index contributed by atoms with van der Waals surface area (Å²) < 4.78 is 6.21. The summed E-state index contributed by atoms with van der Waals surface area (Å²) in [5, 5.41) is 0. The summed E-state index contributed by atoms with van der Waals surface area (Å²) in [5.41, 5.74) is 2.43. The summed E-state index contributed by atoms with van der Waals surface area (Å²) >= 11 is 0. The van der Waals surface area contributed by atoms with Crippen molar-refractivity contribution in [1.29, 1.82) is 0 Å². The number of amides is 1. The number of allylic oxidation sites excluding steroid dienone is 1. The number of nitrogens with zero attached hydrogens (tertiary/aromatic N) is 2. The fraction of sp³-hybridized carbons (Fsp3) is 0.929. The predicted molar refractivity (Wildman–Crippen MR) is 261 cm³/mol. The van der Waals surface area contributed by atoms with Crippen LogP contribution in [-0.2, 0) is 14.3 Å². The van der Waals surface area contributed by atoms with E-state index >= 15 is 0 Å². The Bertz CT molecular complexity index is 1260. The molecule has 5 nitrogen and oxygen atoms in total. The fourth-order valence-corrected chi connectivity index (χ4v) is 13.5. The maximum atomic E-state index is 13.3. The molecule has 0 aromatic carbocycles. The second-order valence-electron chi connectivity index (χ2n) is 22.7. The first-order chi connectivity index (χ1) is 29.4. The molecule has 4 rings (SSSR count). The highest BCUT2D eigenvalue weighted by Crippen LogP contribution is 2.67. The molecule has 354 valence electrons. The standard InChI is InChI=1S/C56H102N2O3/c1-9-10-11-12-13-14-15-16-17-18-19-20-21-22-24-31-53(59)58(43-28-41-57(7)8)42-26-23-25-32-54(60)61-48-37-39-55(5)47(44-48)33-34-49-51-36-35-50(46(4)30-27-29-45(2)3)56(51,6)40-38-52(49)55/h33,45-46,48-52H,9-32,34-44H2,1-8H3. The molecule has 4 aliphatic carbocycles. The number of ether oxygens (including phenoxy) is 1. The van der Waals surface area contributed by atoms with Crippen molar-refractivity contribution in [1.82, 2.24) is 9.80 Å². The minimum atomic E-state index is -0.0112. The molecule has 3 fully saturated rings. The normalized spacial score (nSPS) is 27.7. The molecule has 5 heteroatoms. The van der Waals surface area contributed by atoms with Gasteiger partial charge in [0.25, 0.3) is 0 Å². The van der Waals surface area contributed by atoms with Gasteiger partial charge in [-0.05, 0) is 138 Å². The van der Waals surface area contributed by atoms with Crippen LogP contribution in [0.3, 0.4) is 0 Å². The number of hydrogen-bond donors (Lipinski definition) is 0. The molecule has 0 bridgehead atoms. The number of hydrogen-bond acceptors (Lipinski definition) is 4. The maximum absolute atomic E-state index is 13.3. The molecule has 0 aromatic heterocycles. The highest BCUT2D eigenvalue weighted by molar-refractivity contribution is 5.76. The Kier molecular flexibility index (Phi) is 23.9. The number of esters is 1. The predicted octanol–water partition coefficient (Wildman–Crippen LogP) is 15.5. The van der Waals surface area contributed by atoms with Crippen LogP contribution in [0, 0.1) is 46.3 Å². The molecule has 0 spiro atoms. The van der Waals surface area contributed by atoms with Crippen LogP contribution in [0.5, 0.6) is 0 Å². The molecule has 0 aromatic rings. The topological polar surface area (TPSA) is 49.9 Å². The van der Waals surface area contributed by atoms with Gasteiger partial charge < -0.3 is 14.5 Å². The van der Waals surface area contributed by atoms with Crippen LogP contribution in [0.25, 0.3) is 0 Å². The van der Waals surface area contributed by atoms with E-state index < -0.39 is 0 Å². The van der Waals surface area contributed by atoms with Crippen LogP contribution in [0.1, 0.15) is 247 Å². The lowest BCUT2D eigenvalue weighted by Crippen LogP contribution is -2.51. The largest absolute Gasteiger partial charge is 0.462 e. The molecule has 0 N–H and O–H groups in total. The number of carbonyl (C=O) groups excluding carboxylic acids is 2. The third-order valence-corrected chi connectivity index (χ3v) is 17.2. The quantitative estimate of drug-likeness (QED) is 0.0384. The second kappa shape index (κ2) is 27.8. The third kappa shape index (κ3) is 16.9. The van der Waals surface area contributed by atoms with Crippen LogP contribution in [0.4, 0.5) is 0 Å². The van der Waals surface area contributed by atoms with Crippen LogP contribution < -0.4 is 0 Å². The van der Waals surface area contributed by atoms with E-state index in [9.17, 15) is 9.59 Å². The van der Waals surface area contributed by atoms with Gasteiger partial charge in [0, 0.05) is 32.4 Å². The van der Waals surface area contributed by atoms with Crippen LogP contribution in [0.15, 0.2) is 11.6 Å². The smallest absolute Gasteiger partial charge is 0.306 e. The molecule has 0 aliphatic heterocycles. The SMILES string of the molecule is CCCCCCCCCCCCCCCCCC(=O)N(CCCCCC(=O)OC1CCC2(C)C(=CCC3C2CCC2(C)C(C(C)CCCC(C)C)CCC32)C1)CCCN(C)C. The molecule has 4 aliphatic rings. The summed E-state index contributed by atoms with van der Waals surface area (Å²) in [4.78, 5) is 30.8. The second-order valence-corrected chi connectivity index (χ2v) is 22.7.